The van der Waals surface area contributed by atoms with E-state index in [9.17, 15) is 4.79 Å². The van der Waals surface area contributed by atoms with Gasteiger partial charge in [-0.1, -0.05) is 23.7 Å². The number of carbonyl (C=O) groups is 1. The standard InChI is InChI=1S/C11H7Cl2NOS/c1-6-14-9(11(13)16-6)7-2-4-8(5-3-7)10(12)15/h2-5H,1H3. The number of hydrogen-bond acceptors (Lipinski definition) is 3. The molecular weight excluding hydrogens is 265 g/mol. The van der Waals surface area contributed by atoms with E-state index in [0.717, 1.165) is 16.3 Å². The van der Waals surface area contributed by atoms with Gasteiger partial charge in [-0.3, -0.25) is 4.79 Å². The van der Waals surface area contributed by atoms with Crippen LogP contribution in [0.25, 0.3) is 11.3 Å². The van der Waals surface area contributed by atoms with Crippen LogP contribution in [0.2, 0.25) is 4.34 Å². The normalized spacial score (nSPS) is 10.4. The fraction of sp³-hybridized carbons (Fsp3) is 0.0909. The molecule has 1 aromatic heterocycles. The molecule has 0 fully saturated rings. The largest absolute Gasteiger partial charge is 0.276 e. The number of aryl methyl sites for hydroxylation is 1. The summed E-state index contributed by atoms with van der Waals surface area (Å²) in [6, 6.07) is 6.90. The topological polar surface area (TPSA) is 30.0 Å². The zero-order chi connectivity index (χ0) is 11.7. The highest BCUT2D eigenvalue weighted by atomic mass is 35.5. The second kappa shape index (κ2) is 4.53. The number of nitrogens with zero attached hydrogens (tertiary/aromatic N) is 1. The highest BCUT2D eigenvalue weighted by molar-refractivity contribution is 7.16. The summed E-state index contributed by atoms with van der Waals surface area (Å²) in [5.74, 6) is 0. The van der Waals surface area contributed by atoms with Crippen molar-refractivity contribution in [3.8, 4) is 11.3 Å². The summed E-state index contributed by atoms with van der Waals surface area (Å²) in [7, 11) is 0. The van der Waals surface area contributed by atoms with Gasteiger partial charge in [-0.15, -0.1) is 11.3 Å². The van der Waals surface area contributed by atoms with Gasteiger partial charge in [0, 0.05) is 11.1 Å². The van der Waals surface area contributed by atoms with Gasteiger partial charge >= 0.3 is 0 Å². The average molecular weight is 272 g/mol. The van der Waals surface area contributed by atoms with Gasteiger partial charge in [-0.2, -0.15) is 0 Å². The van der Waals surface area contributed by atoms with Crippen molar-refractivity contribution in [2.45, 2.75) is 6.92 Å². The lowest BCUT2D eigenvalue weighted by Gasteiger charge is -1.98. The molecule has 0 amide bonds. The van der Waals surface area contributed by atoms with Gasteiger partial charge in [0.1, 0.15) is 10.0 Å². The van der Waals surface area contributed by atoms with Gasteiger partial charge in [0.25, 0.3) is 5.24 Å². The number of aromatic nitrogens is 1. The molecule has 0 N–H and O–H groups in total. The molecule has 0 saturated carbocycles. The Morgan fingerprint density at radius 3 is 2.38 bits per heavy atom. The lowest BCUT2D eigenvalue weighted by atomic mass is 10.1. The van der Waals surface area contributed by atoms with Crippen LogP contribution in [-0.2, 0) is 0 Å². The predicted octanol–water partition coefficient (Wildman–Crippen LogP) is 4.15. The van der Waals surface area contributed by atoms with Crippen LogP contribution in [0, 0.1) is 6.92 Å². The summed E-state index contributed by atoms with van der Waals surface area (Å²) in [5.41, 5.74) is 2.10. The van der Waals surface area contributed by atoms with Gasteiger partial charge in [-0.25, -0.2) is 4.98 Å². The van der Waals surface area contributed by atoms with E-state index in [2.05, 4.69) is 4.98 Å². The quantitative estimate of drug-likeness (QED) is 0.768. The monoisotopic (exact) mass is 271 g/mol. The van der Waals surface area contributed by atoms with E-state index in [1.807, 2.05) is 6.92 Å². The highest BCUT2D eigenvalue weighted by Gasteiger charge is 2.09. The molecule has 82 valence electrons. The first-order chi connectivity index (χ1) is 7.58. The number of rotatable bonds is 2. The maximum absolute atomic E-state index is 10.9. The second-order valence-electron chi connectivity index (χ2n) is 3.21. The van der Waals surface area contributed by atoms with Crippen molar-refractivity contribution in [1.82, 2.24) is 4.98 Å². The molecule has 2 rings (SSSR count). The molecule has 1 heterocycles. The number of benzene rings is 1. The Labute approximate surface area is 107 Å². The third kappa shape index (κ3) is 2.26. The molecule has 0 spiro atoms. The van der Waals surface area contributed by atoms with Gasteiger partial charge in [-0.05, 0) is 30.7 Å². The van der Waals surface area contributed by atoms with E-state index in [1.165, 1.54) is 11.3 Å². The van der Waals surface area contributed by atoms with Gasteiger partial charge < -0.3 is 0 Å². The maximum Gasteiger partial charge on any atom is 0.252 e. The fourth-order valence-corrected chi connectivity index (χ4v) is 2.61. The van der Waals surface area contributed by atoms with Crippen LogP contribution in [0.15, 0.2) is 24.3 Å². The van der Waals surface area contributed by atoms with Crippen molar-refractivity contribution in [3.05, 3.63) is 39.2 Å². The number of halogens is 2. The molecule has 0 radical (unpaired) electrons. The first kappa shape index (κ1) is 11.6. The number of carbonyl (C=O) groups excluding carboxylic acids is 1. The third-order valence-electron chi connectivity index (χ3n) is 2.08. The Morgan fingerprint density at radius 1 is 1.31 bits per heavy atom. The van der Waals surface area contributed by atoms with Crippen LogP contribution in [0.1, 0.15) is 15.4 Å². The van der Waals surface area contributed by atoms with Gasteiger partial charge in [0.15, 0.2) is 0 Å². The molecular formula is C11H7Cl2NOS. The van der Waals surface area contributed by atoms with E-state index in [-0.39, 0.29) is 0 Å². The maximum atomic E-state index is 10.9. The minimum atomic E-state index is -0.466. The highest BCUT2D eigenvalue weighted by Crippen LogP contribution is 2.32. The van der Waals surface area contributed by atoms with Crippen molar-refractivity contribution in [2.75, 3.05) is 0 Å². The molecule has 2 nitrogen and oxygen atoms in total. The number of hydrogen-bond donors (Lipinski definition) is 0. The summed E-state index contributed by atoms with van der Waals surface area (Å²) < 4.78 is 0.655. The summed E-state index contributed by atoms with van der Waals surface area (Å²) >= 11 is 12.8. The molecule has 5 heteroatoms. The molecule has 0 aliphatic heterocycles. The Morgan fingerprint density at radius 2 is 1.94 bits per heavy atom. The third-order valence-corrected chi connectivity index (χ3v) is 3.47. The van der Waals surface area contributed by atoms with Crippen LogP contribution in [0.4, 0.5) is 0 Å². The van der Waals surface area contributed by atoms with Crippen molar-refractivity contribution in [1.29, 1.82) is 0 Å². The molecule has 2 aromatic rings. The van der Waals surface area contributed by atoms with E-state index in [4.69, 9.17) is 23.2 Å². The van der Waals surface area contributed by atoms with Crippen molar-refractivity contribution in [3.63, 3.8) is 0 Å². The zero-order valence-electron chi connectivity index (χ0n) is 8.33. The summed E-state index contributed by atoms with van der Waals surface area (Å²) in [6.07, 6.45) is 0. The lowest BCUT2D eigenvalue weighted by Crippen LogP contribution is -1.88. The van der Waals surface area contributed by atoms with E-state index >= 15 is 0 Å². The SMILES string of the molecule is Cc1nc(-c2ccc(C(=O)Cl)cc2)c(Cl)s1. The van der Waals surface area contributed by atoms with Crippen molar-refractivity contribution < 1.29 is 4.79 Å². The summed E-state index contributed by atoms with van der Waals surface area (Å²) in [4.78, 5) is 15.2. The lowest BCUT2D eigenvalue weighted by molar-refractivity contribution is 0.108. The molecule has 1 aromatic carbocycles. The van der Waals surface area contributed by atoms with Crippen LogP contribution >= 0.6 is 34.5 Å². The Hall–Kier alpha value is -0.900. The molecule has 0 atom stereocenters. The summed E-state index contributed by atoms with van der Waals surface area (Å²) in [5, 5.41) is 0.449. The van der Waals surface area contributed by atoms with Crippen LogP contribution < -0.4 is 0 Å². The van der Waals surface area contributed by atoms with Crippen LogP contribution in [-0.4, -0.2) is 10.2 Å². The molecule has 16 heavy (non-hydrogen) atoms. The first-order valence-corrected chi connectivity index (χ1v) is 6.08. The number of thiazole rings is 1. The first-order valence-electron chi connectivity index (χ1n) is 4.51. The van der Waals surface area contributed by atoms with Crippen LogP contribution in [0.5, 0.6) is 0 Å². The molecule has 0 unspecified atom stereocenters. The molecule has 0 saturated heterocycles. The van der Waals surface area contributed by atoms with Crippen molar-refractivity contribution in [2.24, 2.45) is 0 Å². The minimum absolute atomic E-state index is 0.466. The molecule has 0 aliphatic rings. The average Bonchev–Trinajstić information content (AvgIpc) is 2.58. The zero-order valence-corrected chi connectivity index (χ0v) is 10.7. The fourth-order valence-electron chi connectivity index (χ4n) is 1.34. The van der Waals surface area contributed by atoms with Crippen molar-refractivity contribution >= 4 is 39.8 Å². The smallest absolute Gasteiger partial charge is 0.252 e. The van der Waals surface area contributed by atoms with Crippen LogP contribution in [0.3, 0.4) is 0 Å². The van der Waals surface area contributed by atoms with E-state index < -0.39 is 5.24 Å². The van der Waals surface area contributed by atoms with Gasteiger partial charge in [0.05, 0.1) is 5.01 Å². The second-order valence-corrected chi connectivity index (χ2v) is 5.35. The van der Waals surface area contributed by atoms with Gasteiger partial charge in [0.2, 0.25) is 0 Å². The summed E-state index contributed by atoms with van der Waals surface area (Å²) in [6.45, 7) is 1.90. The predicted molar refractivity (Wildman–Crippen MR) is 67.5 cm³/mol. The molecule has 0 aliphatic carbocycles. The van der Waals surface area contributed by atoms with E-state index in [0.29, 0.717) is 9.90 Å². The Kier molecular flexibility index (Phi) is 3.28. The minimum Gasteiger partial charge on any atom is -0.276 e. The Balaban J connectivity index is 2.42. The van der Waals surface area contributed by atoms with E-state index in [1.54, 1.807) is 24.3 Å². The Bertz CT molecular complexity index is 533. The molecule has 0 bridgehead atoms.